The molecule has 2 aliphatic rings. The highest BCUT2D eigenvalue weighted by molar-refractivity contribution is 5.92. The summed E-state index contributed by atoms with van der Waals surface area (Å²) in [6.07, 6.45) is 6.90. The van der Waals surface area contributed by atoms with E-state index in [9.17, 15) is 18.0 Å². The fourth-order valence-corrected chi connectivity index (χ4v) is 5.65. The molecule has 4 aromatic rings. The van der Waals surface area contributed by atoms with E-state index < -0.39 is 18.1 Å². The summed E-state index contributed by atoms with van der Waals surface area (Å²) in [4.78, 5) is 24.3. The molecule has 0 spiro atoms. The SMILES string of the molecule is O=C(N1CCN(C2CCCCC2)CC1)N(Cc1cn2ccc(-c3nnc(C(F)F)o3)cc2n1)c1cccc(F)c1. The number of halogens is 3. The van der Waals surface area contributed by atoms with Gasteiger partial charge >= 0.3 is 12.5 Å². The van der Waals surface area contributed by atoms with E-state index in [-0.39, 0.29) is 18.5 Å². The topological polar surface area (TPSA) is 83.0 Å². The fourth-order valence-electron chi connectivity index (χ4n) is 5.65. The maximum atomic E-state index is 14.2. The highest BCUT2D eigenvalue weighted by Crippen LogP contribution is 2.27. The number of amides is 2. The molecular formula is C28H30F3N7O2. The minimum absolute atomic E-state index is 0.0358. The van der Waals surface area contributed by atoms with Crippen LogP contribution in [-0.2, 0) is 6.54 Å². The van der Waals surface area contributed by atoms with E-state index in [2.05, 4.69) is 20.1 Å². The third-order valence-corrected chi connectivity index (χ3v) is 7.73. The van der Waals surface area contributed by atoms with Gasteiger partial charge in [-0.05, 0) is 43.2 Å². The molecule has 0 atom stereocenters. The Morgan fingerprint density at radius 3 is 2.58 bits per heavy atom. The van der Waals surface area contributed by atoms with Crippen molar-refractivity contribution in [1.29, 1.82) is 0 Å². The predicted octanol–water partition coefficient (Wildman–Crippen LogP) is 5.54. The highest BCUT2D eigenvalue weighted by atomic mass is 19.3. The van der Waals surface area contributed by atoms with Crippen LogP contribution in [0.5, 0.6) is 0 Å². The normalized spacial score (nSPS) is 17.1. The molecule has 0 radical (unpaired) electrons. The van der Waals surface area contributed by atoms with Crippen molar-refractivity contribution in [2.24, 2.45) is 0 Å². The standard InChI is InChI=1S/C28H30F3N7O2/c29-20-5-4-8-23(16-20)38(28(39)36-13-11-35(12-14-36)22-6-2-1-3-7-22)18-21-17-37-10-9-19(15-24(37)32-21)26-33-34-27(40-26)25(30)31/h4-5,8-10,15-17,22,25H,1-3,6-7,11-14,18H2. The van der Waals surface area contributed by atoms with E-state index in [1.54, 1.807) is 46.0 Å². The molecule has 0 N–H and O–H groups in total. The maximum absolute atomic E-state index is 14.2. The monoisotopic (exact) mass is 553 g/mol. The van der Waals surface area contributed by atoms with Gasteiger partial charge in [0.15, 0.2) is 0 Å². The van der Waals surface area contributed by atoms with E-state index >= 15 is 0 Å². The van der Waals surface area contributed by atoms with E-state index in [0.29, 0.717) is 41.7 Å². The summed E-state index contributed by atoms with van der Waals surface area (Å²) in [6.45, 7) is 3.00. The van der Waals surface area contributed by atoms with Gasteiger partial charge in [-0.1, -0.05) is 25.3 Å². The van der Waals surface area contributed by atoms with Gasteiger partial charge in [0.05, 0.1) is 12.2 Å². The van der Waals surface area contributed by atoms with Crippen LogP contribution in [0.3, 0.4) is 0 Å². The summed E-state index contributed by atoms with van der Waals surface area (Å²) < 4.78 is 46.8. The van der Waals surface area contributed by atoms with Gasteiger partial charge in [-0.25, -0.2) is 14.2 Å². The van der Waals surface area contributed by atoms with Gasteiger partial charge in [-0.2, -0.15) is 8.78 Å². The molecule has 12 heteroatoms. The van der Waals surface area contributed by atoms with E-state index in [1.165, 1.54) is 44.2 Å². The van der Waals surface area contributed by atoms with Crippen molar-refractivity contribution in [3.05, 3.63) is 66.2 Å². The van der Waals surface area contributed by atoms with Gasteiger partial charge < -0.3 is 13.7 Å². The molecule has 0 bridgehead atoms. The fraction of sp³-hybridized carbons (Fsp3) is 0.429. The van der Waals surface area contributed by atoms with Crippen LogP contribution in [0.2, 0.25) is 0 Å². The molecule has 1 aromatic carbocycles. The van der Waals surface area contributed by atoms with E-state index in [4.69, 9.17) is 4.42 Å². The number of imidazole rings is 1. The van der Waals surface area contributed by atoms with Crippen LogP contribution in [0.25, 0.3) is 17.1 Å². The molecular weight excluding hydrogens is 523 g/mol. The third-order valence-electron chi connectivity index (χ3n) is 7.73. The largest absolute Gasteiger partial charge is 0.415 e. The van der Waals surface area contributed by atoms with E-state index in [0.717, 1.165) is 13.1 Å². The lowest BCUT2D eigenvalue weighted by Crippen LogP contribution is -2.55. The first-order valence-corrected chi connectivity index (χ1v) is 13.6. The van der Waals surface area contributed by atoms with Crippen LogP contribution in [0, 0.1) is 5.82 Å². The van der Waals surface area contributed by atoms with Crippen LogP contribution in [0.15, 0.2) is 53.2 Å². The second-order valence-corrected chi connectivity index (χ2v) is 10.3. The van der Waals surface area contributed by atoms with Gasteiger partial charge in [-0.3, -0.25) is 9.80 Å². The minimum atomic E-state index is -2.86. The van der Waals surface area contributed by atoms with Crippen molar-refractivity contribution >= 4 is 17.4 Å². The second-order valence-electron chi connectivity index (χ2n) is 10.3. The average molecular weight is 554 g/mol. The number of pyridine rings is 1. The van der Waals surface area contributed by atoms with Crippen LogP contribution < -0.4 is 4.90 Å². The van der Waals surface area contributed by atoms with E-state index in [1.807, 2.05) is 4.90 Å². The van der Waals surface area contributed by atoms with Crippen LogP contribution >= 0.6 is 0 Å². The zero-order valence-electron chi connectivity index (χ0n) is 21.9. The Kier molecular flexibility index (Phi) is 7.42. The zero-order chi connectivity index (χ0) is 27.6. The Morgan fingerprint density at radius 2 is 1.85 bits per heavy atom. The van der Waals surface area contributed by atoms with Gasteiger partial charge in [0.25, 0.3) is 5.89 Å². The Labute approximate surface area is 229 Å². The Morgan fingerprint density at radius 1 is 1.05 bits per heavy atom. The van der Waals surface area contributed by atoms with Crippen molar-refractivity contribution in [3.63, 3.8) is 0 Å². The number of urea groups is 1. The number of carbonyl (C=O) groups is 1. The number of rotatable bonds is 6. The van der Waals surface area contributed by atoms with Crippen molar-refractivity contribution in [1.82, 2.24) is 29.4 Å². The van der Waals surface area contributed by atoms with Crippen LogP contribution in [-0.4, -0.2) is 67.6 Å². The lowest BCUT2D eigenvalue weighted by molar-refractivity contribution is 0.0924. The van der Waals surface area contributed by atoms with Crippen LogP contribution in [0.1, 0.15) is 50.1 Å². The molecule has 40 heavy (non-hydrogen) atoms. The van der Waals surface area contributed by atoms with Gasteiger partial charge in [-0.15, -0.1) is 10.2 Å². The first kappa shape index (κ1) is 26.3. The summed E-state index contributed by atoms with van der Waals surface area (Å²) in [5.41, 5.74) is 1.98. The molecule has 3 aromatic heterocycles. The van der Waals surface area contributed by atoms with Crippen molar-refractivity contribution in [2.75, 3.05) is 31.1 Å². The molecule has 1 saturated heterocycles. The number of benzene rings is 1. The number of hydrogen-bond acceptors (Lipinski definition) is 6. The Bertz CT molecular complexity index is 1480. The molecule has 0 unspecified atom stereocenters. The quantitative estimate of drug-likeness (QED) is 0.312. The Balaban J connectivity index is 1.21. The molecule has 1 saturated carbocycles. The van der Waals surface area contributed by atoms with Crippen molar-refractivity contribution < 1.29 is 22.4 Å². The lowest BCUT2D eigenvalue weighted by Gasteiger charge is -2.42. The van der Waals surface area contributed by atoms with Gasteiger partial charge in [0.2, 0.25) is 5.89 Å². The zero-order valence-corrected chi connectivity index (χ0v) is 21.9. The van der Waals surface area contributed by atoms with Gasteiger partial charge in [0, 0.05) is 55.9 Å². The predicted molar refractivity (Wildman–Crippen MR) is 141 cm³/mol. The molecule has 4 heterocycles. The summed E-state index contributed by atoms with van der Waals surface area (Å²) >= 11 is 0. The number of fused-ring (bicyclic) bond motifs is 1. The van der Waals surface area contributed by atoms with Crippen molar-refractivity contribution in [3.8, 4) is 11.5 Å². The number of alkyl halides is 2. The molecule has 1 aliphatic carbocycles. The third kappa shape index (κ3) is 5.53. The van der Waals surface area contributed by atoms with Crippen LogP contribution in [0.4, 0.5) is 23.7 Å². The summed E-state index contributed by atoms with van der Waals surface area (Å²) in [6, 6.07) is 9.69. The smallest absolute Gasteiger partial charge is 0.324 e. The molecule has 9 nitrogen and oxygen atoms in total. The number of anilines is 1. The lowest BCUT2D eigenvalue weighted by atomic mass is 9.94. The number of piperazine rings is 1. The maximum Gasteiger partial charge on any atom is 0.324 e. The molecule has 1 aliphatic heterocycles. The highest BCUT2D eigenvalue weighted by Gasteiger charge is 2.30. The second kappa shape index (κ2) is 11.3. The number of hydrogen-bond donors (Lipinski definition) is 0. The molecule has 2 amide bonds. The summed E-state index contributed by atoms with van der Waals surface area (Å²) in [5, 5.41) is 7.07. The number of carbonyl (C=O) groups excluding carboxylic acids is 1. The minimum Gasteiger partial charge on any atom is -0.415 e. The number of aromatic nitrogens is 4. The molecule has 6 rings (SSSR count). The average Bonchev–Trinajstić information content (AvgIpc) is 3.63. The Hall–Kier alpha value is -3.93. The van der Waals surface area contributed by atoms with Gasteiger partial charge in [0.1, 0.15) is 11.5 Å². The number of nitrogens with zero attached hydrogens (tertiary/aromatic N) is 7. The molecule has 210 valence electrons. The summed E-state index contributed by atoms with van der Waals surface area (Å²) in [7, 11) is 0. The first-order chi connectivity index (χ1) is 19.4. The van der Waals surface area contributed by atoms with Crippen molar-refractivity contribution in [2.45, 2.75) is 51.1 Å². The molecule has 2 fully saturated rings. The first-order valence-electron chi connectivity index (χ1n) is 13.6. The summed E-state index contributed by atoms with van der Waals surface area (Å²) in [5.74, 6) is -1.21.